The van der Waals surface area contributed by atoms with Gasteiger partial charge in [-0.3, -0.25) is 0 Å². The van der Waals surface area contributed by atoms with Crippen molar-refractivity contribution in [1.82, 2.24) is 4.98 Å². The van der Waals surface area contributed by atoms with Crippen LogP contribution in [0.25, 0.3) is 0 Å². The Morgan fingerprint density at radius 3 is 2.40 bits per heavy atom. The van der Waals surface area contributed by atoms with Crippen LogP contribution in [0.1, 0.15) is 6.92 Å². The van der Waals surface area contributed by atoms with Crippen molar-refractivity contribution in [1.29, 1.82) is 0 Å². The molecule has 0 unspecified atom stereocenters. The molecule has 1 N–H and O–H groups in total. The van der Waals surface area contributed by atoms with E-state index in [-0.39, 0.29) is 6.61 Å². The van der Waals surface area contributed by atoms with E-state index in [9.17, 15) is 0 Å². The smallest absolute Gasteiger partial charge is 0.129 e. The summed E-state index contributed by atoms with van der Waals surface area (Å²) >= 11 is 5.43. The van der Waals surface area contributed by atoms with E-state index in [1.165, 1.54) is 0 Å². The fourth-order valence-corrected chi connectivity index (χ4v) is 0.471. The van der Waals surface area contributed by atoms with Gasteiger partial charge in [0.15, 0.2) is 0 Å². The Bertz CT molecular complexity index is 155. The maximum atomic E-state index is 7.57. The second-order valence-electron chi connectivity index (χ2n) is 1.47. The quantitative estimate of drug-likeness (QED) is 0.585. The Morgan fingerprint density at radius 2 is 2.20 bits per heavy atom. The topological polar surface area (TPSA) is 33.1 Å². The zero-order valence-electron chi connectivity index (χ0n) is 5.79. The SMILES string of the molecule is CCO.Clc1ccccn1. The number of halogens is 1. The van der Waals surface area contributed by atoms with Gasteiger partial charge < -0.3 is 5.11 Å². The number of nitrogens with zero attached hydrogens (tertiary/aromatic N) is 1. The number of hydrogen-bond acceptors (Lipinski definition) is 2. The molecule has 1 heterocycles. The summed E-state index contributed by atoms with van der Waals surface area (Å²) in [7, 11) is 0. The van der Waals surface area contributed by atoms with Crippen molar-refractivity contribution in [2.24, 2.45) is 0 Å². The summed E-state index contributed by atoms with van der Waals surface area (Å²) in [5.41, 5.74) is 0. The van der Waals surface area contributed by atoms with Crippen LogP contribution in [0.3, 0.4) is 0 Å². The lowest BCUT2D eigenvalue weighted by atomic mass is 10.5. The minimum Gasteiger partial charge on any atom is -0.397 e. The summed E-state index contributed by atoms with van der Waals surface area (Å²) in [4.78, 5) is 3.74. The molecular weight excluding hydrogens is 150 g/mol. The number of rotatable bonds is 0. The first-order valence-electron chi connectivity index (χ1n) is 2.98. The lowest BCUT2D eigenvalue weighted by Gasteiger charge is -1.79. The Hall–Kier alpha value is -0.600. The van der Waals surface area contributed by atoms with E-state index in [1.54, 1.807) is 19.2 Å². The van der Waals surface area contributed by atoms with E-state index >= 15 is 0 Å². The van der Waals surface area contributed by atoms with E-state index in [1.807, 2.05) is 12.1 Å². The third kappa shape index (κ3) is 5.54. The molecular formula is C7H10ClNO. The summed E-state index contributed by atoms with van der Waals surface area (Å²) in [6.07, 6.45) is 1.66. The first-order valence-corrected chi connectivity index (χ1v) is 3.36. The molecule has 1 aromatic heterocycles. The number of aromatic nitrogens is 1. The predicted molar refractivity (Wildman–Crippen MR) is 42.0 cm³/mol. The highest BCUT2D eigenvalue weighted by atomic mass is 35.5. The summed E-state index contributed by atoms with van der Waals surface area (Å²) in [5, 5.41) is 8.11. The van der Waals surface area contributed by atoms with Crippen LogP contribution in [0.4, 0.5) is 0 Å². The van der Waals surface area contributed by atoms with Gasteiger partial charge in [-0.15, -0.1) is 0 Å². The normalized spacial score (nSPS) is 7.90. The van der Waals surface area contributed by atoms with Gasteiger partial charge in [-0.25, -0.2) is 4.98 Å². The number of aliphatic hydroxyl groups is 1. The first kappa shape index (κ1) is 9.40. The zero-order chi connectivity index (χ0) is 7.82. The molecule has 0 aliphatic heterocycles. The highest BCUT2D eigenvalue weighted by molar-refractivity contribution is 6.29. The molecule has 0 aromatic carbocycles. The Morgan fingerprint density at radius 1 is 1.60 bits per heavy atom. The third-order valence-electron chi connectivity index (χ3n) is 0.629. The van der Waals surface area contributed by atoms with Gasteiger partial charge in [0.1, 0.15) is 5.15 Å². The van der Waals surface area contributed by atoms with Gasteiger partial charge in [-0.1, -0.05) is 17.7 Å². The average molecular weight is 160 g/mol. The molecule has 10 heavy (non-hydrogen) atoms. The zero-order valence-corrected chi connectivity index (χ0v) is 6.54. The molecule has 0 amide bonds. The van der Waals surface area contributed by atoms with E-state index in [0.717, 1.165) is 0 Å². The minimum atomic E-state index is 0.250. The maximum Gasteiger partial charge on any atom is 0.129 e. The van der Waals surface area contributed by atoms with Gasteiger partial charge in [0, 0.05) is 12.8 Å². The van der Waals surface area contributed by atoms with Crippen LogP contribution in [0.15, 0.2) is 24.4 Å². The van der Waals surface area contributed by atoms with Gasteiger partial charge in [0.05, 0.1) is 0 Å². The van der Waals surface area contributed by atoms with Crippen LogP contribution in [-0.2, 0) is 0 Å². The van der Waals surface area contributed by atoms with Gasteiger partial charge in [-0.05, 0) is 19.1 Å². The van der Waals surface area contributed by atoms with Crippen molar-refractivity contribution < 1.29 is 5.11 Å². The highest BCUT2D eigenvalue weighted by Gasteiger charge is 1.76. The van der Waals surface area contributed by atoms with E-state index in [2.05, 4.69) is 4.98 Å². The number of pyridine rings is 1. The first-order chi connectivity index (χ1) is 4.81. The van der Waals surface area contributed by atoms with Crippen LogP contribution in [0, 0.1) is 0 Å². The van der Waals surface area contributed by atoms with Gasteiger partial charge in [0.2, 0.25) is 0 Å². The Labute approximate surface area is 65.5 Å². The van der Waals surface area contributed by atoms with Crippen molar-refractivity contribution in [3.63, 3.8) is 0 Å². The molecule has 0 spiro atoms. The fourth-order valence-electron chi connectivity index (χ4n) is 0.342. The molecule has 0 saturated heterocycles. The van der Waals surface area contributed by atoms with Crippen LogP contribution >= 0.6 is 11.6 Å². The van der Waals surface area contributed by atoms with Crippen LogP contribution < -0.4 is 0 Å². The Kier molecular flexibility index (Phi) is 6.13. The molecule has 1 rings (SSSR count). The molecule has 0 fully saturated rings. The van der Waals surface area contributed by atoms with Gasteiger partial charge >= 0.3 is 0 Å². The second-order valence-corrected chi connectivity index (χ2v) is 1.86. The maximum absolute atomic E-state index is 7.57. The van der Waals surface area contributed by atoms with Crippen molar-refractivity contribution in [3.05, 3.63) is 29.5 Å². The van der Waals surface area contributed by atoms with Crippen LogP contribution in [-0.4, -0.2) is 16.7 Å². The molecule has 0 aliphatic carbocycles. The molecule has 0 saturated carbocycles. The standard InChI is InChI=1S/C5H4ClN.C2H6O/c6-5-3-1-2-4-7-5;1-2-3/h1-4H;3H,2H2,1H3. The van der Waals surface area contributed by atoms with Crippen LogP contribution in [0.5, 0.6) is 0 Å². The van der Waals surface area contributed by atoms with E-state index in [0.29, 0.717) is 5.15 Å². The summed E-state index contributed by atoms with van der Waals surface area (Å²) in [5.74, 6) is 0. The predicted octanol–water partition coefficient (Wildman–Crippen LogP) is 1.73. The Balaban J connectivity index is 0.000000236. The molecule has 0 radical (unpaired) electrons. The van der Waals surface area contributed by atoms with Crippen molar-refractivity contribution in [2.45, 2.75) is 6.92 Å². The van der Waals surface area contributed by atoms with Gasteiger partial charge in [0.25, 0.3) is 0 Å². The molecule has 0 aliphatic rings. The molecule has 0 bridgehead atoms. The average Bonchev–Trinajstić information content (AvgIpc) is 1.91. The minimum absolute atomic E-state index is 0.250. The van der Waals surface area contributed by atoms with E-state index in [4.69, 9.17) is 16.7 Å². The molecule has 0 atom stereocenters. The highest BCUT2D eigenvalue weighted by Crippen LogP contribution is 1.98. The van der Waals surface area contributed by atoms with Crippen LogP contribution in [0.2, 0.25) is 5.15 Å². The molecule has 3 heteroatoms. The van der Waals surface area contributed by atoms with E-state index < -0.39 is 0 Å². The molecule has 56 valence electrons. The van der Waals surface area contributed by atoms with Crippen molar-refractivity contribution in [2.75, 3.05) is 6.61 Å². The third-order valence-corrected chi connectivity index (χ3v) is 0.852. The monoisotopic (exact) mass is 159 g/mol. The lowest BCUT2D eigenvalue weighted by molar-refractivity contribution is 0.318. The summed E-state index contributed by atoms with van der Waals surface area (Å²) in [6.45, 7) is 1.93. The van der Waals surface area contributed by atoms with Gasteiger partial charge in [-0.2, -0.15) is 0 Å². The molecule has 2 nitrogen and oxygen atoms in total. The second kappa shape index (κ2) is 6.52. The number of hydrogen-bond donors (Lipinski definition) is 1. The molecule has 1 aromatic rings. The lowest BCUT2D eigenvalue weighted by Crippen LogP contribution is -1.65. The fraction of sp³-hybridized carbons (Fsp3) is 0.286. The van der Waals surface area contributed by atoms with Crippen molar-refractivity contribution >= 4 is 11.6 Å². The summed E-state index contributed by atoms with van der Waals surface area (Å²) < 4.78 is 0. The summed E-state index contributed by atoms with van der Waals surface area (Å²) in [6, 6.07) is 5.41. The largest absolute Gasteiger partial charge is 0.397 e. The van der Waals surface area contributed by atoms with Crippen molar-refractivity contribution in [3.8, 4) is 0 Å². The number of aliphatic hydroxyl groups excluding tert-OH is 1.